The molecule has 0 aliphatic carbocycles. The van der Waals surface area contributed by atoms with Crippen molar-refractivity contribution in [2.75, 3.05) is 26.2 Å². The van der Waals surface area contributed by atoms with Gasteiger partial charge in [-0.3, -0.25) is 0 Å². The monoisotopic (exact) mass is 587 g/mol. The highest BCUT2D eigenvalue weighted by Gasteiger charge is 2.24. The first kappa shape index (κ1) is 33.9. The van der Waals surface area contributed by atoms with E-state index >= 15 is 0 Å². The highest BCUT2D eigenvalue weighted by Crippen LogP contribution is 2.18. The van der Waals surface area contributed by atoms with Crippen LogP contribution in [0.2, 0.25) is 0 Å². The summed E-state index contributed by atoms with van der Waals surface area (Å²) in [5.41, 5.74) is 3.25. The molecule has 0 unspecified atom stereocenters. The van der Waals surface area contributed by atoms with Crippen LogP contribution in [0.1, 0.15) is 79.1 Å². The van der Waals surface area contributed by atoms with Crippen molar-refractivity contribution in [2.45, 2.75) is 79.1 Å². The normalized spacial score (nSPS) is 11.1. The molecule has 0 bridgehead atoms. The van der Waals surface area contributed by atoms with Crippen molar-refractivity contribution in [1.29, 1.82) is 0 Å². The van der Waals surface area contributed by atoms with Gasteiger partial charge in [0.2, 0.25) is 0 Å². The zero-order valence-electron chi connectivity index (χ0n) is 26.6. The number of hydrogen-bond donors (Lipinski definition) is 0. The molecule has 0 atom stereocenters. The second-order valence-electron chi connectivity index (χ2n) is 11.1. The quantitative estimate of drug-likeness (QED) is 0.101. The lowest BCUT2D eigenvalue weighted by atomic mass is 10.1. The Bertz CT molecular complexity index is 1150. The summed E-state index contributed by atoms with van der Waals surface area (Å²) in [6, 6.07) is 22.7. The summed E-state index contributed by atoms with van der Waals surface area (Å²) in [4.78, 5) is 2.17. The predicted molar refractivity (Wildman–Crippen MR) is 174 cm³/mol. The molecule has 232 valence electrons. The van der Waals surface area contributed by atoms with Gasteiger partial charge >= 0.3 is 7.32 Å². The van der Waals surface area contributed by atoms with Gasteiger partial charge in [-0.15, -0.1) is 19.9 Å². The van der Waals surface area contributed by atoms with Gasteiger partial charge in [0.25, 0.3) is 0 Å². The lowest BCUT2D eigenvalue weighted by molar-refractivity contribution is -0.929. The van der Waals surface area contributed by atoms with Gasteiger partial charge in [0.05, 0.1) is 50.0 Å². The molecule has 9 heteroatoms. The maximum atomic E-state index is 12.0. The van der Waals surface area contributed by atoms with Crippen molar-refractivity contribution in [1.82, 2.24) is 19.9 Å². The van der Waals surface area contributed by atoms with E-state index in [1.807, 2.05) is 60.7 Å². The first-order chi connectivity index (χ1) is 21.0. The van der Waals surface area contributed by atoms with Crippen LogP contribution in [0.25, 0.3) is 22.5 Å². The van der Waals surface area contributed by atoms with Gasteiger partial charge in [-0.2, -0.15) is 0 Å². The smallest absolute Gasteiger partial charge is 0.544 e. The van der Waals surface area contributed by atoms with Crippen molar-refractivity contribution in [3.8, 4) is 22.5 Å². The molecule has 0 N–H and O–H groups in total. The van der Waals surface area contributed by atoms with E-state index in [2.05, 4.69) is 37.9 Å². The van der Waals surface area contributed by atoms with Crippen molar-refractivity contribution < 1.29 is 19.0 Å². The lowest BCUT2D eigenvalue weighted by Crippen LogP contribution is -2.51. The fraction of sp³-hybridized carbons (Fsp3) is 0.471. The summed E-state index contributed by atoms with van der Waals surface area (Å²) >= 11 is 0. The summed E-state index contributed by atoms with van der Waals surface area (Å²) in [5, 5.41) is 20.4. The Labute approximate surface area is 258 Å². The van der Waals surface area contributed by atoms with Gasteiger partial charge in [0.1, 0.15) is 0 Å². The van der Waals surface area contributed by atoms with E-state index < -0.39 is 7.32 Å². The van der Waals surface area contributed by atoms with E-state index in [0.29, 0.717) is 11.4 Å². The molecule has 4 aromatic rings. The molecular weight excluding hydrogens is 537 g/mol. The number of aromatic nitrogens is 4. The number of unbranched alkanes of at least 4 members (excludes halogenated alkanes) is 4. The van der Waals surface area contributed by atoms with Crippen LogP contribution >= 0.6 is 0 Å². The maximum Gasteiger partial charge on any atom is 0.544 e. The molecule has 0 radical (unpaired) electrons. The SMILES string of the molecule is CCCC[N+](CCCC)(CCCC)CCCC.[O-]B(On1ccc(-c2ccccc2)n1)On1ccc(-c2ccccc2)n1. The molecule has 4 rings (SSSR count). The third-order valence-corrected chi connectivity index (χ3v) is 7.60. The van der Waals surface area contributed by atoms with E-state index in [4.69, 9.17) is 9.51 Å². The summed E-state index contributed by atoms with van der Waals surface area (Å²) in [6.45, 7) is 15.0. The summed E-state index contributed by atoms with van der Waals surface area (Å²) in [7, 11) is -1.82. The molecular formula is C34H50BN5O3. The zero-order valence-corrected chi connectivity index (χ0v) is 26.6. The first-order valence-corrected chi connectivity index (χ1v) is 16.1. The van der Waals surface area contributed by atoms with E-state index in [-0.39, 0.29) is 0 Å². The summed E-state index contributed by atoms with van der Waals surface area (Å²) < 4.78 is 11.6. The van der Waals surface area contributed by atoms with Crippen molar-refractivity contribution >= 4 is 7.32 Å². The van der Waals surface area contributed by atoms with E-state index in [1.54, 1.807) is 24.5 Å². The fourth-order valence-electron chi connectivity index (χ4n) is 5.10. The summed E-state index contributed by atoms with van der Waals surface area (Å²) in [5.74, 6) is 0. The molecule has 0 saturated heterocycles. The Morgan fingerprint density at radius 1 is 0.581 bits per heavy atom. The highest BCUT2D eigenvalue weighted by molar-refractivity contribution is 6.32. The molecule has 8 nitrogen and oxygen atoms in total. The van der Waals surface area contributed by atoms with Crippen molar-refractivity contribution in [3.05, 3.63) is 85.2 Å². The van der Waals surface area contributed by atoms with Crippen LogP contribution in [-0.4, -0.2) is 57.9 Å². The third-order valence-electron chi connectivity index (χ3n) is 7.60. The molecule has 0 fully saturated rings. The third kappa shape index (κ3) is 11.6. The number of nitrogens with zero attached hydrogens (tertiary/aromatic N) is 5. The lowest BCUT2D eigenvalue weighted by Gasteiger charge is -2.39. The molecule has 2 aromatic heterocycles. The predicted octanol–water partition coefficient (Wildman–Crippen LogP) is 6.32. The van der Waals surface area contributed by atoms with Gasteiger partial charge in [-0.1, -0.05) is 114 Å². The molecule has 2 heterocycles. The molecule has 0 aliphatic rings. The Hall–Kier alpha value is -3.56. The minimum atomic E-state index is -1.82. The highest BCUT2D eigenvalue weighted by atomic mass is 16.8. The van der Waals surface area contributed by atoms with Crippen molar-refractivity contribution in [3.63, 3.8) is 0 Å². The Morgan fingerprint density at radius 3 is 1.26 bits per heavy atom. The average Bonchev–Trinajstić information content (AvgIpc) is 3.71. The van der Waals surface area contributed by atoms with E-state index in [0.717, 1.165) is 20.8 Å². The number of rotatable bonds is 18. The first-order valence-electron chi connectivity index (χ1n) is 16.1. The Balaban J connectivity index is 0.000000261. The molecule has 0 saturated carbocycles. The fourth-order valence-corrected chi connectivity index (χ4v) is 5.10. The van der Waals surface area contributed by atoms with Crippen LogP contribution in [0, 0.1) is 0 Å². The Morgan fingerprint density at radius 2 is 0.930 bits per heavy atom. The van der Waals surface area contributed by atoms with Gasteiger partial charge in [-0.05, 0) is 37.8 Å². The largest absolute Gasteiger partial charge is 0.805 e. The van der Waals surface area contributed by atoms with Gasteiger partial charge in [0, 0.05) is 11.1 Å². The molecule has 0 amide bonds. The number of quaternary nitrogens is 1. The minimum Gasteiger partial charge on any atom is -0.805 e. The minimum absolute atomic E-state index is 0.697. The van der Waals surface area contributed by atoms with Crippen LogP contribution in [0.4, 0.5) is 0 Å². The van der Waals surface area contributed by atoms with Gasteiger partial charge < -0.3 is 19.0 Å². The van der Waals surface area contributed by atoms with Crippen LogP contribution in [0.5, 0.6) is 0 Å². The number of hydrogen-bond acceptors (Lipinski definition) is 5. The van der Waals surface area contributed by atoms with Gasteiger partial charge in [-0.25, -0.2) is 0 Å². The standard InChI is InChI=1S/C18H14BN4O3.C16H36N/c24-19(25-22-13-11-17(20-22)15-7-3-1-4-8-15)26-23-14-12-18(21-23)16-9-5-2-6-10-16;1-5-9-13-17(14-10-6-2,15-11-7-3)16-12-8-4/h1-14H;5-16H2,1-4H3/q-1;+1. The molecule has 0 aliphatic heterocycles. The average molecular weight is 588 g/mol. The van der Waals surface area contributed by atoms with Crippen LogP contribution in [0.3, 0.4) is 0 Å². The van der Waals surface area contributed by atoms with Crippen LogP contribution < -0.4 is 14.5 Å². The van der Waals surface area contributed by atoms with Crippen LogP contribution in [-0.2, 0) is 0 Å². The second-order valence-corrected chi connectivity index (χ2v) is 11.1. The maximum absolute atomic E-state index is 12.0. The summed E-state index contributed by atoms with van der Waals surface area (Å²) in [6.07, 6.45) is 14.2. The number of benzene rings is 2. The molecule has 0 spiro atoms. The van der Waals surface area contributed by atoms with E-state index in [1.165, 1.54) is 82.0 Å². The molecule has 43 heavy (non-hydrogen) atoms. The van der Waals surface area contributed by atoms with Gasteiger partial charge in [0.15, 0.2) is 0 Å². The zero-order chi connectivity index (χ0) is 30.8. The van der Waals surface area contributed by atoms with Crippen LogP contribution in [0.15, 0.2) is 85.2 Å². The second kappa shape index (κ2) is 18.9. The topological polar surface area (TPSA) is 77.2 Å². The van der Waals surface area contributed by atoms with Crippen molar-refractivity contribution in [2.24, 2.45) is 0 Å². The Kier molecular flexibility index (Phi) is 14.9. The van der Waals surface area contributed by atoms with E-state index in [9.17, 15) is 5.02 Å². The molecule has 2 aromatic carbocycles.